The van der Waals surface area contributed by atoms with E-state index in [2.05, 4.69) is 26.6 Å². The highest BCUT2D eigenvalue weighted by molar-refractivity contribution is 9.10. The average molecular weight is 384 g/mol. The fourth-order valence-corrected chi connectivity index (χ4v) is 2.71. The number of likely N-dealkylation sites (tertiary alicyclic amines) is 1. The first kappa shape index (κ1) is 17.6. The Morgan fingerprint density at radius 1 is 1.26 bits per heavy atom. The fraction of sp³-hybridized carbons (Fsp3) is 0.500. The lowest BCUT2D eigenvalue weighted by Gasteiger charge is -2.31. The molecule has 0 radical (unpaired) electrons. The van der Waals surface area contributed by atoms with Gasteiger partial charge in [-0.05, 0) is 44.0 Å². The highest BCUT2D eigenvalue weighted by atomic mass is 79.9. The quantitative estimate of drug-likeness (QED) is 0.819. The van der Waals surface area contributed by atoms with Gasteiger partial charge in [0.05, 0.1) is 13.2 Å². The van der Waals surface area contributed by atoms with E-state index in [1.54, 1.807) is 11.8 Å². The van der Waals surface area contributed by atoms with E-state index < -0.39 is 0 Å². The first-order valence-electron chi connectivity index (χ1n) is 7.79. The molecule has 1 heterocycles. The summed E-state index contributed by atoms with van der Waals surface area (Å²) in [5, 5.41) is 6.09. The fourth-order valence-electron chi connectivity index (χ4n) is 2.45. The summed E-state index contributed by atoms with van der Waals surface area (Å²) >= 11 is 3.37. The monoisotopic (exact) mass is 383 g/mol. The van der Waals surface area contributed by atoms with Gasteiger partial charge in [-0.3, -0.25) is 4.79 Å². The van der Waals surface area contributed by atoms with Crippen molar-refractivity contribution in [2.24, 2.45) is 0 Å². The third-order valence-corrected chi connectivity index (χ3v) is 4.21. The molecule has 0 bridgehead atoms. The van der Waals surface area contributed by atoms with Crippen LogP contribution in [0.15, 0.2) is 28.7 Å². The summed E-state index contributed by atoms with van der Waals surface area (Å²) in [5.41, 5.74) is 0.903. The van der Waals surface area contributed by atoms with Crippen LogP contribution >= 0.6 is 15.9 Å². The minimum atomic E-state index is -0.269. The van der Waals surface area contributed by atoms with Crippen molar-refractivity contribution >= 4 is 33.6 Å². The Kier molecular flexibility index (Phi) is 6.70. The lowest BCUT2D eigenvalue weighted by molar-refractivity contribution is -0.120. The van der Waals surface area contributed by atoms with Crippen LogP contribution < -0.4 is 10.6 Å². The molecule has 7 heteroatoms. The summed E-state index contributed by atoms with van der Waals surface area (Å²) in [5.74, 6) is -0.0393. The Morgan fingerprint density at radius 3 is 2.52 bits per heavy atom. The molecule has 1 aromatic rings. The lowest BCUT2D eigenvalue weighted by atomic mass is 10.1. The van der Waals surface area contributed by atoms with Gasteiger partial charge in [0.2, 0.25) is 5.91 Å². The topological polar surface area (TPSA) is 70.7 Å². The molecule has 1 saturated heterocycles. The molecule has 1 aromatic carbocycles. The maximum atomic E-state index is 12.0. The van der Waals surface area contributed by atoms with Gasteiger partial charge in [-0.2, -0.15) is 0 Å². The van der Waals surface area contributed by atoms with Gasteiger partial charge in [0, 0.05) is 29.3 Å². The number of carbonyl (C=O) groups is 2. The maximum absolute atomic E-state index is 12.0. The molecule has 1 aliphatic heterocycles. The zero-order chi connectivity index (χ0) is 16.7. The molecule has 2 rings (SSSR count). The van der Waals surface area contributed by atoms with Crippen LogP contribution in [0.2, 0.25) is 0 Å². The smallest absolute Gasteiger partial charge is 0.409 e. The van der Waals surface area contributed by atoms with Crippen LogP contribution in [0.3, 0.4) is 0 Å². The number of ether oxygens (including phenoxy) is 1. The highest BCUT2D eigenvalue weighted by Gasteiger charge is 2.24. The van der Waals surface area contributed by atoms with Crippen LogP contribution in [0, 0.1) is 0 Å². The van der Waals surface area contributed by atoms with E-state index in [0.717, 1.165) is 23.0 Å². The SMILES string of the molecule is CCOC(=O)N1CCC(NC(=O)CNc2ccc(Br)cc2)CC1. The summed E-state index contributed by atoms with van der Waals surface area (Å²) in [7, 11) is 0. The van der Waals surface area contributed by atoms with Crippen molar-refractivity contribution in [1.82, 2.24) is 10.2 Å². The number of hydrogen-bond donors (Lipinski definition) is 2. The molecule has 1 fully saturated rings. The number of rotatable bonds is 5. The average Bonchev–Trinajstić information content (AvgIpc) is 2.55. The summed E-state index contributed by atoms with van der Waals surface area (Å²) in [6.45, 7) is 3.65. The van der Waals surface area contributed by atoms with Gasteiger partial charge >= 0.3 is 6.09 Å². The third kappa shape index (κ3) is 5.74. The van der Waals surface area contributed by atoms with Crippen molar-refractivity contribution in [2.75, 3.05) is 31.6 Å². The standard InChI is InChI=1S/C16H22BrN3O3/c1-2-23-16(22)20-9-7-14(8-10-20)19-15(21)11-18-13-5-3-12(17)4-6-13/h3-6,14,18H,2,7-11H2,1H3,(H,19,21). The first-order chi connectivity index (χ1) is 11.1. The van der Waals surface area contributed by atoms with E-state index in [1.165, 1.54) is 0 Å². The van der Waals surface area contributed by atoms with Crippen LogP contribution in [0.1, 0.15) is 19.8 Å². The number of carbonyl (C=O) groups excluding carboxylic acids is 2. The molecular formula is C16H22BrN3O3. The largest absolute Gasteiger partial charge is 0.450 e. The van der Waals surface area contributed by atoms with Crippen LogP contribution in [0.25, 0.3) is 0 Å². The number of hydrogen-bond acceptors (Lipinski definition) is 4. The minimum absolute atomic E-state index is 0.0393. The van der Waals surface area contributed by atoms with Crippen LogP contribution in [0.5, 0.6) is 0 Å². The molecule has 1 aliphatic rings. The second kappa shape index (κ2) is 8.76. The number of nitrogens with one attached hydrogen (secondary N) is 2. The maximum Gasteiger partial charge on any atom is 0.409 e. The number of nitrogens with zero attached hydrogens (tertiary/aromatic N) is 1. The Morgan fingerprint density at radius 2 is 1.91 bits per heavy atom. The van der Waals surface area contributed by atoms with E-state index in [-0.39, 0.29) is 24.6 Å². The highest BCUT2D eigenvalue weighted by Crippen LogP contribution is 2.14. The van der Waals surface area contributed by atoms with E-state index in [1.807, 2.05) is 24.3 Å². The molecule has 23 heavy (non-hydrogen) atoms. The Hall–Kier alpha value is -1.76. The van der Waals surface area contributed by atoms with Crippen LogP contribution in [-0.4, -0.2) is 49.2 Å². The number of anilines is 1. The van der Waals surface area contributed by atoms with E-state index in [0.29, 0.717) is 19.7 Å². The minimum Gasteiger partial charge on any atom is -0.450 e. The van der Waals surface area contributed by atoms with Gasteiger partial charge < -0.3 is 20.3 Å². The second-order valence-electron chi connectivity index (χ2n) is 5.39. The molecule has 0 aromatic heterocycles. The normalized spacial score (nSPS) is 15.1. The van der Waals surface area contributed by atoms with Gasteiger partial charge in [-0.1, -0.05) is 15.9 Å². The predicted molar refractivity (Wildman–Crippen MR) is 92.4 cm³/mol. The zero-order valence-corrected chi connectivity index (χ0v) is 14.8. The third-order valence-electron chi connectivity index (χ3n) is 3.68. The predicted octanol–water partition coefficient (Wildman–Crippen LogP) is 2.60. The number of amides is 2. The van der Waals surface area contributed by atoms with E-state index in [9.17, 15) is 9.59 Å². The Labute approximate surface area is 144 Å². The second-order valence-corrected chi connectivity index (χ2v) is 6.30. The molecule has 126 valence electrons. The molecule has 6 nitrogen and oxygen atoms in total. The number of benzene rings is 1. The molecular weight excluding hydrogens is 362 g/mol. The number of piperidine rings is 1. The summed E-state index contributed by atoms with van der Waals surface area (Å²) < 4.78 is 5.98. The van der Waals surface area contributed by atoms with Gasteiger partial charge in [-0.15, -0.1) is 0 Å². The summed E-state index contributed by atoms with van der Waals surface area (Å²) in [4.78, 5) is 25.3. The number of halogens is 1. The van der Waals surface area contributed by atoms with E-state index >= 15 is 0 Å². The molecule has 2 amide bonds. The van der Waals surface area contributed by atoms with Crippen LogP contribution in [-0.2, 0) is 9.53 Å². The Balaban J connectivity index is 1.68. The molecule has 2 N–H and O–H groups in total. The molecule has 0 unspecified atom stereocenters. The Bertz CT molecular complexity index is 528. The van der Waals surface area contributed by atoms with Gasteiger partial charge in [0.1, 0.15) is 0 Å². The van der Waals surface area contributed by atoms with E-state index in [4.69, 9.17) is 4.74 Å². The van der Waals surface area contributed by atoms with Crippen molar-refractivity contribution in [2.45, 2.75) is 25.8 Å². The van der Waals surface area contributed by atoms with Crippen molar-refractivity contribution in [3.05, 3.63) is 28.7 Å². The van der Waals surface area contributed by atoms with Gasteiger partial charge in [0.15, 0.2) is 0 Å². The van der Waals surface area contributed by atoms with Crippen molar-refractivity contribution < 1.29 is 14.3 Å². The summed E-state index contributed by atoms with van der Waals surface area (Å²) in [6.07, 6.45) is 1.24. The molecule has 0 atom stereocenters. The molecule has 0 saturated carbocycles. The molecule has 0 spiro atoms. The molecule has 0 aliphatic carbocycles. The van der Waals surface area contributed by atoms with Crippen molar-refractivity contribution in [3.8, 4) is 0 Å². The van der Waals surface area contributed by atoms with Gasteiger partial charge in [0.25, 0.3) is 0 Å². The van der Waals surface area contributed by atoms with Crippen molar-refractivity contribution in [1.29, 1.82) is 0 Å². The van der Waals surface area contributed by atoms with Crippen LogP contribution in [0.4, 0.5) is 10.5 Å². The first-order valence-corrected chi connectivity index (χ1v) is 8.58. The summed E-state index contributed by atoms with van der Waals surface area (Å²) in [6, 6.07) is 7.78. The van der Waals surface area contributed by atoms with Crippen molar-refractivity contribution in [3.63, 3.8) is 0 Å². The van der Waals surface area contributed by atoms with Gasteiger partial charge in [-0.25, -0.2) is 4.79 Å². The zero-order valence-electron chi connectivity index (χ0n) is 13.2. The lowest BCUT2D eigenvalue weighted by Crippen LogP contribution is -2.47.